The van der Waals surface area contributed by atoms with Gasteiger partial charge in [-0.1, -0.05) is 6.92 Å². The average Bonchev–Trinajstić information content (AvgIpc) is 2.31. The van der Waals surface area contributed by atoms with E-state index in [-0.39, 0.29) is 12.8 Å². The molecule has 0 aromatic rings. The molecule has 0 saturated carbocycles. The summed E-state index contributed by atoms with van der Waals surface area (Å²) in [5.74, 6) is -4.50. The second-order valence-corrected chi connectivity index (χ2v) is 3.70. The Labute approximate surface area is 103 Å². The highest BCUT2D eigenvalue weighted by atomic mass is 16.4. The molecule has 8 heteroatoms. The first-order chi connectivity index (χ1) is 8.34. The normalized spacial score (nSPS) is 15.0. The van der Waals surface area contributed by atoms with Crippen molar-refractivity contribution in [2.24, 2.45) is 5.92 Å². The van der Waals surface area contributed by atoms with E-state index >= 15 is 0 Å². The number of carbonyl (C=O) groups excluding carboxylic acids is 2. The van der Waals surface area contributed by atoms with Gasteiger partial charge in [0.15, 0.2) is 0 Å². The monoisotopic (exact) mass is 260 g/mol. The van der Waals surface area contributed by atoms with Crippen molar-refractivity contribution >= 4 is 24.3 Å². The summed E-state index contributed by atoms with van der Waals surface area (Å²) in [6.45, 7) is 2.80. The zero-order chi connectivity index (χ0) is 14.3. The Kier molecular flexibility index (Phi) is 6.40. The van der Waals surface area contributed by atoms with Crippen LogP contribution in [0.3, 0.4) is 0 Å². The van der Waals surface area contributed by atoms with Crippen molar-refractivity contribution in [3.63, 3.8) is 0 Å². The van der Waals surface area contributed by atoms with Gasteiger partial charge in [-0.3, -0.25) is 14.4 Å². The van der Waals surface area contributed by atoms with Crippen molar-refractivity contribution in [1.82, 2.24) is 10.6 Å². The van der Waals surface area contributed by atoms with Gasteiger partial charge in [-0.15, -0.1) is 0 Å². The smallest absolute Gasteiger partial charge is 0.326 e. The molecule has 0 bridgehead atoms. The highest BCUT2D eigenvalue weighted by molar-refractivity contribution is 5.91. The van der Waals surface area contributed by atoms with Gasteiger partial charge in [0.25, 0.3) is 0 Å². The molecule has 18 heavy (non-hydrogen) atoms. The molecule has 0 aromatic heterocycles. The third-order valence-corrected chi connectivity index (χ3v) is 2.44. The Morgan fingerprint density at radius 3 is 2.11 bits per heavy atom. The van der Waals surface area contributed by atoms with Gasteiger partial charge in [0.1, 0.15) is 12.1 Å². The first-order valence-electron chi connectivity index (χ1n) is 5.30. The lowest BCUT2D eigenvalue weighted by atomic mass is 10.0. The molecule has 0 aromatic carbocycles. The summed E-state index contributed by atoms with van der Waals surface area (Å²) in [5.41, 5.74) is 0. The average molecular weight is 260 g/mol. The summed E-state index contributed by atoms with van der Waals surface area (Å²) >= 11 is 0. The molecule has 0 aliphatic heterocycles. The third-order valence-electron chi connectivity index (χ3n) is 2.44. The van der Waals surface area contributed by atoms with Crippen LogP contribution in [0.5, 0.6) is 0 Å². The molecule has 2 unspecified atom stereocenters. The van der Waals surface area contributed by atoms with Crippen molar-refractivity contribution in [3.8, 4) is 0 Å². The number of carbonyl (C=O) groups is 4. The van der Waals surface area contributed by atoms with Crippen LogP contribution in [0.1, 0.15) is 20.3 Å². The van der Waals surface area contributed by atoms with Crippen LogP contribution in [0.2, 0.25) is 0 Å². The number of aliphatic carboxylic acids is 2. The molecule has 0 heterocycles. The van der Waals surface area contributed by atoms with Crippen LogP contribution in [-0.2, 0) is 19.2 Å². The maximum absolute atomic E-state index is 11.7. The van der Waals surface area contributed by atoms with E-state index < -0.39 is 35.8 Å². The minimum atomic E-state index is -1.31. The molecule has 4 N–H and O–H groups in total. The topological polar surface area (TPSA) is 133 Å². The van der Waals surface area contributed by atoms with Crippen LogP contribution in [0.15, 0.2) is 0 Å². The molecule has 8 nitrogen and oxygen atoms in total. The fourth-order valence-corrected chi connectivity index (χ4v) is 1.26. The third kappa shape index (κ3) is 4.40. The second kappa shape index (κ2) is 7.25. The van der Waals surface area contributed by atoms with Gasteiger partial charge in [0.2, 0.25) is 12.3 Å². The maximum Gasteiger partial charge on any atom is 0.326 e. The van der Waals surface area contributed by atoms with Crippen LogP contribution < -0.4 is 10.6 Å². The Bertz CT molecular complexity index is 343. The molecular formula is C10H16N2O6. The van der Waals surface area contributed by atoms with E-state index in [2.05, 4.69) is 10.6 Å². The van der Waals surface area contributed by atoms with Crippen LogP contribution in [0.4, 0.5) is 0 Å². The molecule has 0 aliphatic carbocycles. The minimum Gasteiger partial charge on any atom is -0.481 e. The molecule has 102 valence electrons. The molecule has 0 rings (SSSR count). The summed E-state index contributed by atoms with van der Waals surface area (Å²) in [6.07, 6.45) is 0.349. The van der Waals surface area contributed by atoms with E-state index in [1.165, 1.54) is 6.92 Å². The molecule has 0 aliphatic rings. The van der Waals surface area contributed by atoms with Gasteiger partial charge < -0.3 is 20.8 Å². The fourth-order valence-electron chi connectivity index (χ4n) is 1.26. The van der Waals surface area contributed by atoms with Crippen molar-refractivity contribution in [2.45, 2.75) is 32.4 Å². The number of hydrogen-bond donors (Lipinski definition) is 4. The molecule has 0 saturated heterocycles. The van der Waals surface area contributed by atoms with Crippen LogP contribution in [0, 0.1) is 5.92 Å². The SMILES string of the molecule is CCC(NC(=O)[C@@H](NC=O)C(C)C(=O)O)C(=O)O. The van der Waals surface area contributed by atoms with Crippen molar-refractivity contribution in [1.29, 1.82) is 0 Å². The van der Waals surface area contributed by atoms with Crippen LogP contribution >= 0.6 is 0 Å². The fraction of sp³-hybridized carbons (Fsp3) is 0.600. The minimum absolute atomic E-state index is 0.149. The lowest BCUT2D eigenvalue weighted by molar-refractivity contribution is -0.146. The van der Waals surface area contributed by atoms with E-state index in [0.29, 0.717) is 0 Å². The van der Waals surface area contributed by atoms with E-state index in [0.717, 1.165) is 0 Å². The standard InChI is InChI=1S/C10H16N2O6/c1-3-6(10(17)18)12-8(14)7(11-4-13)5(2)9(15)16/h4-7H,3H2,1-2H3,(H,11,13)(H,12,14)(H,15,16)(H,17,18)/t5?,6?,7-/m0/s1. The summed E-state index contributed by atoms with van der Waals surface area (Å²) < 4.78 is 0. The zero-order valence-electron chi connectivity index (χ0n) is 10.0. The van der Waals surface area contributed by atoms with E-state index in [1.807, 2.05) is 0 Å². The van der Waals surface area contributed by atoms with Crippen molar-refractivity contribution in [3.05, 3.63) is 0 Å². The summed E-state index contributed by atoms with van der Waals surface area (Å²) in [4.78, 5) is 43.5. The van der Waals surface area contributed by atoms with Crippen LogP contribution in [0.25, 0.3) is 0 Å². The van der Waals surface area contributed by atoms with Crippen LogP contribution in [-0.4, -0.2) is 46.6 Å². The number of amides is 2. The number of hydrogen-bond acceptors (Lipinski definition) is 4. The molecule has 3 atom stereocenters. The van der Waals surface area contributed by atoms with Gasteiger partial charge in [0, 0.05) is 0 Å². The largest absolute Gasteiger partial charge is 0.481 e. The predicted octanol–water partition coefficient (Wildman–Crippen LogP) is -1.20. The molecule has 0 radical (unpaired) electrons. The number of carboxylic acids is 2. The Balaban J connectivity index is 4.81. The summed E-state index contributed by atoms with van der Waals surface area (Å²) in [6, 6.07) is -2.43. The van der Waals surface area contributed by atoms with Crippen molar-refractivity contribution < 1.29 is 29.4 Å². The Hall–Kier alpha value is -2.12. The first-order valence-corrected chi connectivity index (χ1v) is 5.30. The van der Waals surface area contributed by atoms with Gasteiger partial charge in [-0.05, 0) is 13.3 Å². The van der Waals surface area contributed by atoms with Gasteiger partial charge in [-0.25, -0.2) is 4.79 Å². The lowest BCUT2D eigenvalue weighted by Crippen LogP contribution is -2.53. The van der Waals surface area contributed by atoms with Gasteiger partial charge in [-0.2, -0.15) is 0 Å². The first kappa shape index (κ1) is 15.9. The van der Waals surface area contributed by atoms with Gasteiger partial charge in [0.05, 0.1) is 5.92 Å². The number of nitrogens with one attached hydrogen (secondary N) is 2. The summed E-state index contributed by atoms with van der Waals surface area (Å²) in [5, 5.41) is 21.8. The van der Waals surface area contributed by atoms with Gasteiger partial charge >= 0.3 is 11.9 Å². The second-order valence-electron chi connectivity index (χ2n) is 3.70. The number of rotatable bonds is 8. The predicted molar refractivity (Wildman–Crippen MR) is 59.6 cm³/mol. The highest BCUT2D eigenvalue weighted by Gasteiger charge is 2.31. The maximum atomic E-state index is 11.7. The molecular weight excluding hydrogens is 244 g/mol. The number of carboxylic acid groups (broad SMARTS) is 2. The molecule has 0 spiro atoms. The molecule has 2 amide bonds. The Morgan fingerprint density at radius 1 is 1.22 bits per heavy atom. The van der Waals surface area contributed by atoms with E-state index in [9.17, 15) is 19.2 Å². The van der Waals surface area contributed by atoms with E-state index in [4.69, 9.17) is 10.2 Å². The lowest BCUT2D eigenvalue weighted by Gasteiger charge is -2.21. The van der Waals surface area contributed by atoms with Crippen molar-refractivity contribution in [2.75, 3.05) is 0 Å². The zero-order valence-corrected chi connectivity index (χ0v) is 10.0. The summed E-state index contributed by atoms with van der Waals surface area (Å²) in [7, 11) is 0. The quantitative estimate of drug-likeness (QED) is 0.405. The Morgan fingerprint density at radius 2 is 1.78 bits per heavy atom. The highest BCUT2D eigenvalue weighted by Crippen LogP contribution is 2.04. The van der Waals surface area contributed by atoms with E-state index in [1.54, 1.807) is 6.92 Å². The molecule has 0 fully saturated rings.